The minimum Gasteiger partial charge on any atom is -0.369 e. The summed E-state index contributed by atoms with van der Waals surface area (Å²) in [6, 6.07) is 0. The van der Waals surface area contributed by atoms with E-state index in [1.807, 2.05) is 0 Å². The second kappa shape index (κ2) is 4.33. The van der Waals surface area contributed by atoms with Crippen molar-refractivity contribution in [3.63, 3.8) is 0 Å². The SMILES string of the molecule is NC(=O)CNCc1nc(C(N)=O)no1. The number of nitrogens with two attached hydrogens (primary N) is 2. The first-order chi connectivity index (χ1) is 6.59. The maximum absolute atomic E-state index is 10.5. The zero-order chi connectivity index (χ0) is 10.6. The summed E-state index contributed by atoms with van der Waals surface area (Å²) in [4.78, 5) is 24.5. The Hall–Kier alpha value is -1.96. The summed E-state index contributed by atoms with van der Waals surface area (Å²) in [7, 11) is 0. The van der Waals surface area contributed by atoms with Gasteiger partial charge in [0.05, 0.1) is 13.1 Å². The number of amides is 2. The highest BCUT2D eigenvalue weighted by atomic mass is 16.5. The van der Waals surface area contributed by atoms with Crippen LogP contribution in [-0.4, -0.2) is 28.5 Å². The first kappa shape index (κ1) is 10.1. The fourth-order valence-electron chi connectivity index (χ4n) is 0.719. The molecule has 0 aliphatic heterocycles. The van der Waals surface area contributed by atoms with Gasteiger partial charge in [-0.05, 0) is 0 Å². The zero-order valence-corrected chi connectivity index (χ0v) is 7.19. The molecular weight excluding hydrogens is 190 g/mol. The molecule has 0 aliphatic carbocycles. The molecule has 0 saturated carbocycles. The van der Waals surface area contributed by atoms with Crippen molar-refractivity contribution in [2.45, 2.75) is 6.54 Å². The number of nitrogens with zero attached hydrogens (tertiary/aromatic N) is 2. The van der Waals surface area contributed by atoms with Crippen LogP contribution in [-0.2, 0) is 11.3 Å². The smallest absolute Gasteiger partial charge is 0.290 e. The Balaban J connectivity index is 2.44. The molecule has 0 radical (unpaired) electrons. The summed E-state index contributed by atoms with van der Waals surface area (Å²) in [5.41, 5.74) is 9.75. The van der Waals surface area contributed by atoms with E-state index in [2.05, 4.69) is 20.0 Å². The van der Waals surface area contributed by atoms with Crippen molar-refractivity contribution in [3.8, 4) is 0 Å². The van der Waals surface area contributed by atoms with E-state index in [0.717, 1.165) is 0 Å². The third-order valence-electron chi connectivity index (χ3n) is 1.26. The van der Waals surface area contributed by atoms with Gasteiger partial charge >= 0.3 is 0 Å². The Labute approximate surface area is 78.6 Å². The van der Waals surface area contributed by atoms with Gasteiger partial charge in [-0.15, -0.1) is 0 Å². The monoisotopic (exact) mass is 199 g/mol. The van der Waals surface area contributed by atoms with Crippen LogP contribution in [0.1, 0.15) is 16.5 Å². The lowest BCUT2D eigenvalue weighted by molar-refractivity contribution is -0.117. The molecule has 1 aromatic rings. The van der Waals surface area contributed by atoms with Crippen LogP contribution in [0.4, 0.5) is 0 Å². The fraction of sp³-hybridized carbons (Fsp3) is 0.333. The summed E-state index contributed by atoms with van der Waals surface area (Å²) in [5, 5.41) is 5.93. The minimum atomic E-state index is -0.769. The molecule has 1 aromatic heterocycles. The highest BCUT2D eigenvalue weighted by Gasteiger charge is 2.10. The number of nitrogens with one attached hydrogen (secondary N) is 1. The minimum absolute atomic E-state index is 0.00567. The Morgan fingerprint density at radius 2 is 2.14 bits per heavy atom. The van der Waals surface area contributed by atoms with E-state index in [4.69, 9.17) is 11.5 Å². The molecule has 8 nitrogen and oxygen atoms in total. The lowest BCUT2D eigenvalue weighted by atomic mass is 10.5. The number of carbonyl (C=O) groups is 2. The van der Waals surface area contributed by atoms with Crippen molar-refractivity contribution in [2.24, 2.45) is 11.5 Å². The van der Waals surface area contributed by atoms with E-state index in [-0.39, 0.29) is 24.8 Å². The van der Waals surface area contributed by atoms with E-state index in [1.165, 1.54) is 0 Å². The van der Waals surface area contributed by atoms with E-state index in [9.17, 15) is 9.59 Å². The van der Waals surface area contributed by atoms with Gasteiger partial charge < -0.3 is 16.0 Å². The number of primary amides is 2. The van der Waals surface area contributed by atoms with Crippen LogP contribution in [0.15, 0.2) is 4.52 Å². The van der Waals surface area contributed by atoms with Gasteiger partial charge in [-0.2, -0.15) is 4.98 Å². The molecule has 0 unspecified atom stereocenters. The molecule has 8 heteroatoms. The maximum atomic E-state index is 10.5. The van der Waals surface area contributed by atoms with Gasteiger partial charge in [0.15, 0.2) is 0 Å². The van der Waals surface area contributed by atoms with Gasteiger partial charge in [0.1, 0.15) is 0 Å². The van der Waals surface area contributed by atoms with Crippen LogP contribution in [0.2, 0.25) is 0 Å². The molecule has 1 heterocycles. The van der Waals surface area contributed by atoms with Crippen LogP contribution >= 0.6 is 0 Å². The topological polar surface area (TPSA) is 137 Å². The van der Waals surface area contributed by atoms with Gasteiger partial charge in [-0.25, -0.2) is 0 Å². The molecule has 2 amide bonds. The number of aromatic nitrogens is 2. The molecule has 0 bridgehead atoms. The molecule has 0 aliphatic rings. The summed E-state index contributed by atoms with van der Waals surface area (Å²) < 4.78 is 4.63. The molecule has 14 heavy (non-hydrogen) atoms. The predicted octanol–water partition coefficient (Wildman–Crippen LogP) is -2.26. The molecule has 0 fully saturated rings. The van der Waals surface area contributed by atoms with Crippen molar-refractivity contribution >= 4 is 11.8 Å². The Morgan fingerprint density at radius 1 is 1.43 bits per heavy atom. The van der Waals surface area contributed by atoms with E-state index < -0.39 is 11.8 Å². The fourth-order valence-corrected chi connectivity index (χ4v) is 0.719. The summed E-state index contributed by atoms with van der Waals surface area (Å²) in [5.74, 6) is -1.30. The highest BCUT2D eigenvalue weighted by Crippen LogP contribution is 1.95. The third kappa shape index (κ3) is 2.83. The number of hydrogen-bond donors (Lipinski definition) is 3. The van der Waals surface area contributed by atoms with Gasteiger partial charge in [-0.3, -0.25) is 14.9 Å². The molecule has 5 N–H and O–H groups in total. The van der Waals surface area contributed by atoms with E-state index in [1.54, 1.807) is 0 Å². The molecule has 76 valence electrons. The normalized spacial score (nSPS) is 10.0. The second-order valence-corrected chi connectivity index (χ2v) is 2.45. The van der Waals surface area contributed by atoms with Crippen molar-refractivity contribution in [3.05, 3.63) is 11.7 Å². The summed E-state index contributed by atoms with van der Waals surface area (Å²) in [6.07, 6.45) is 0. The number of hydrogen-bond acceptors (Lipinski definition) is 6. The first-order valence-corrected chi connectivity index (χ1v) is 3.71. The average molecular weight is 199 g/mol. The van der Waals surface area contributed by atoms with Crippen molar-refractivity contribution in [2.75, 3.05) is 6.54 Å². The summed E-state index contributed by atoms with van der Waals surface area (Å²) >= 11 is 0. The van der Waals surface area contributed by atoms with Crippen LogP contribution in [0.25, 0.3) is 0 Å². The quantitative estimate of drug-likeness (QED) is 0.489. The lowest BCUT2D eigenvalue weighted by Crippen LogP contribution is -2.28. The van der Waals surface area contributed by atoms with E-state index >= 15 is 0 Å². The number of carbonyl (C=O) groups excluding carboxylic acids is 2. The van der Waals surface area contributed by atoms with Crippen molar-refractivity contribution in [1.29, 1.82) is 0 Å². The highest BCUT2D eigenvalue weighted by molar-refractivity contribution is 5.88. The lowest BCUT2D eigenvalue weighted by Gasteiger charge is -1.94. The van der Waals surface area contributed by atoms with E-state index in [0.29, 0.717) is 0 Å². The molecule has 0 aromatic carbocycles. The van der Waals surface area contributed by atoms with Crippen molar-refractivity contribution in [1.82, 2.24) is 15.5 Å². The van der Waals surface area contributed by atoms with Gasteiger partial charge in [0, 0.05) is 0 Å². The average Bonchev–Trinajstić information content (AvgIpc) is 2.52. The molecule has 1 rings (SSSR count). The molecule has 0 spiro atoms. The maximum Gasteiger partial charge on any atom is 0.290 e. The largest absolute Gasteiger partial charge is 0.369 e. The second-order valence-electron chi connectivity index (χ2n) is 2.45. The molecule has 0 saturated heterocycles. The van der Waals surface area contributed by atoms with Crippen LogP contribution in [0.3, 0.4) is 0 Å². The van der Waals surface area contributed by atoms with Gasteiger partial charge in [0.2, 0.25) is 11.8 Å². The van der Waals surface area contributed by atoms with Gasteiger partial charge in [0.25, 0.3) is 11.7 Å². The molecular formula is C6H9N5O3. The van der Waals surface area contributed by atoms with Gasteiger partial charge in [-0.1, -0.05) is 5.16 Å². The number of rotatable bonds is 5. The molecule has 0 atom stereocenters. The zero-order valence-electron chi connectivity index (χ0n) is 7.19. The van der Waals surface area contributed by atoms with Crippen LogP contribution < -0.4 is 16.8 Å². The summed E-state index contributed by atoms with van der Waals surface area (Å²) in [6.45, 7) is 0.150. The Morgan fingerprint density at radius 3 is 2.64 bits per heavy atom. The Kier molecular flexibility index (Phi) is 3.13. The van der Waals surface area contributed by atoms with Crippen LogP contribution in [0, 0.1) is 0 Å². The van der Waals surface area contributed by atoms with Crippen LogP contribution in [0.5, 0.6) is 0 Å². The predicted molar refractivity (Wildman–Crippen MR) is 43.7 cm³/mol. The first-order valence-electron chi connectivity index (χ1n) is 3.71. The standard InChI is InChI=1S/C6H9N5O3/c7-3(12)1-9-2-4-10-6(5(8)13)11-14-4/h9H,1-2H2,(H2,7,12)(H2,8,13). The Bertz CT molecular complexity index is 347. The van der Waals surface area contributed by atoms with Crippen molar-refractivity contribution < 1.29 is 14.1 Å². The third-order valence-corrected chi connectivity index (χ3v) is 1.26.